The van der Waals surface area contributed by atoms with Crippen LogP contribution >= 0.6 is 0 Å². The monoisotopic (exact) mass is 1030 g/mol. The van der Waals surface area contributed by atoms with Gasteiger partial charge >= 0.3 is 0 Å². The molecule has 0 radical (unpaired) electrons. The van der Waals surface area contributed by atoms with Crippen molar-refractivity contribution in [1.29, 1.82) is 0 Å². The molecule has 0 N–H and O–H groups in total. The average Bonchev–Trinajstić information content (AvgIpc) is 3.82. The number of fused-ring (bicyclic) bond motifs is 14. The molecule has 4 nitrogen and oxygen atoms in total. The van der Waals surface area contributed by atoms with Gasteiger partial charge in [-0.25, -0.2) is 4.98 Å². The molecule has 0 saturated carbocycles. The van der Waals surface area contributed by atoms with Crippen LogP contribution in [0.1, 0.15) is 80.6 Å². The SMILES string of the molecule is Cc1cc2c3c(n1)N(c1cccc(C(C)(C)C)c1)c1cc(C(C)(C)C)ccc1B3c1cc3c(cc1N2c1ccccc1-c1ccccc1)[C@]1(c2ccccc2-c2ccc(N(c4ccccc4)c4ccccc4)cc21)c1ccccc1-3. The molecule has 80 heavy (non-hydrogen) atoms. The first-order valence-corrected chi connectivity index (χ1v) is 28.3. The Labute approximate surface area is 471 Å². The second-order valence-corrected chi connectivity index (χ2v) is 24.4. The molecule has 0 amide bonds. The largest absolute Gasteiger partial charge is 0.311 e. The predicted molar refractivity (Wildman–Crippen MR) is 337 cm³/mol. The average molecular weight is 1030 g/mol. The Morgan fingerprint density at radius 1 is 0.388 bits per heavy atom. The fraction of sp³-hybridized carbons (Fsp3) is 0.133. The van der Waals surface area contributed by atoms with E-state index in [0.717, 1.165) is 45.6 Å². The zero-order valence-corrected chi connectivity index (χ0v) is 46.5. The van der Waals surface area contributed by atoms with E-state index in [1.807, 2.05) is 0 Å². The fourth-order valence-electron chi connectivity index (χ4n) is 14.0. The summed E-state index contributed by atoms with van der Waals surface area (Å²) >= 11 is 0. The minimum atomic E-state index is -0.646. The van der Waals surface area contributed by atoms with Crippen LogP contribution in [0.5, 0.6) is 0 Å². The first-order chi connectivity index (χ1) is 38.9. The van der Waals surface area contributed by atoms with Crippen LogP contribution in [-0.4, -0.2) is 11.7 Å². The van der Waals surface area contributed by atoms with Gasteiger partial charge in [0, 0.05) is 51.1 Å². The predicted octanol–water partition coefficient (Wildman–Crippen LogP) is 17.5. The van der Waals surface area contributed by atoms with E-state index in [0.29, 0.717) is 0 Å². The lowest BCUT2D eigenvalue weighted by molar-refractivity contribution is 0.590. The van der Waals surface area contributed by atoms with E-state index < -0.39 is 5.41 Å². The van der Waals surface area contributed by atoms with Crippen molar-refractivity contribution < 1.29 is 0 Å². The highest BCUT2D eigenvalue weighted by Gasteiger charge is 2.54. The van der Waals surface area contributed by atoms with E-state index in [1.54, 1.807) is 0 Å². The van der Waals surface area contributed by atoms with Crippen molar-refractivity contribution in [2.75, 3.05) is 14.7 Å². The maximum Gasteiger partial charge on any atom is 0.254 e. The zero-order valence-electron chi connectivity index (χ0n) is 46.5. The van der Waals surface area contributed by atoms with Gasteiger partial charge in [-0.1, -0.05) is 211 Å². The number of aryl methyl sites for hydroxylation is 1. The second-order valence-electron chi connectivity index (χ2n) is 24.4. The lowest BCUT2D eigenvalue weighted by Crippen LogP contribution is -2.62. The van der Waals surface area contributed by atoms with E-state index in [2.05, 4.69) is 306 Å². The normalized spacial score (nSPS) is 15.2. The van der Waals surface area contributed by atoms with Gasteiger partial charge in [-0.2, -0.15) is 0 Å². The van der Waals surface area contributed by atoms with Crippen molar-refractivity contribution >= 4 is 74.4 Å². The van der Waals surface area contributed by atoms with Gasteiger partial charge in [-0.05, 0) is 168 Å². The maximum absolute atomic E-state index is 5.71. The van der Waals surface area contributed by atoms with Crippen molar-refractivity contribution in [2.45, 2.75) is 64.7 Å². The van der Waals surface area contributed by atoms with Gasteiger partial charge in [0.05, 0.1) is 11.1 Å². The Balaban J connectivity index is 1.06. The summed E-state index contributed by atoms with van der Waals surface area (Å²) in [5.74, 6) is 0.979. The van der Waals surface area contributed by atoms with E-state index in [9.17, 15) is 0 Å². The number of para-hydroxylation sites is 3. The van der Waals surface area contributed by atoms with Gasteiger partial charge in [0.1, 0.15) is 5.82 Å². The van der Waals surface area contributed by atoms with Gasteiger partial charge in [-0.15, -0.1) is 0 Å². The van der Waals surface area contributed by atoms with Crippen LogP contribution in [0, 0.1) is 6.92 Å². The highest BCUT2D eigenvalue weighted by atomic mass is 15.2. The number of rotatable bonds is 6. The summed E-state index contributed by atoms with van der Waals surface area (Å²) in [7, 11) is 0. The van der Waals surface area contributed by atoms with Gasteiger partial charge in [0.2, 0.25) is 0 Å². The molecule has 0 saturated heterocycles. The number of aromatic nitrogens is 1. The number of anilines is 9. The number of nitrogens with zero attached hydrogens (tertiary/aromatic N) is 4. The molecule has 11 aromatic rings. The lowest BCUT2D eigenvalue weighted by Gasteiger charge is -2.45. The molecule has 0 unspecified atom stereocenters. The van der Waals surface area contributed by atoms with Gasteiger partial charge in [0.25, 0.3) is 6.71 Å². The number of pyridine rings is 1. The minimum absolute atomic E-state index is 0.0557. The molecule has 384 valence electrons. The van der Waals surface area contributed by atoms with Gasteiger partial charge < -0.3 is 9.80 Å². The van der Waals surface area contributed by atoms with Gasteiger partial charge in [0.15, 0.2) is 0 Å². The molecule has 10 aromatic carbocycles. The molecule has 4 aliphatic rings. The van der Waals surface area contributed by atoms with Crippen LogP contribution in [0.2, 0.25) is 0 Å². The second kappa shape index (κ2) is 17.7. The Morgan fingerprint density at radius 2 is 0.950 bits per heavy atom. The van der Waals surface area contributed by atoms with E-state index in [1.165, 1.54) is 94.5 Å². The fourth-order valence-corrected chi connectivity index (χ4v) is 14.0. The highest BCUT2D eigenvalue weighted by molar-refractivity contribution is 7.00. The summed E-state index contributed by atoms with van der Waals surface area (Å²) in [6, 6.07) is 91.4. The Kier molecular flexibility index (Phi) is 10.6. The highest BCUT2D eigenvalue weighted by Crippen LogP contribution is 2.64. The number of benzene rings is 10. The van der Waals surface area contributed by atoms with Crippen LogP contribution in [0.25, 0.3) is 33.4 Å². The molecule has 0 bridgehead atoms. The summed E-state index contributed by atoms with van der Waals surface area (Å²) in [6.45, 7) is 16.0. The summed E-state index contributed by atoms with van der Waals surface area (Å²) in [5.41, 5.74) is 28.2. The molecule has 0 fully saturated rings. The lowest BCUT2D eigenvalue weighted by atomic mass is 9.33. The third-order valence-electron chi connectivity index (χ3n) is 17.6. The summed E-state index contributed by atoms with van der Waals surface area (Å²) in [4.78, 5) is 13.2. The molecule has 1 spiro atoms. The van der Waals surface area contributed by atoms with Crippen LogP contribution in [0.15, 0.2) is 243 Å². The van der Waals surface area contributed by atoms with Crippen molar-refractivity contribution in [3.05, 3.63) is 282 Å². The molecule has 2 aliphatic heterocycles. The number of hydrogen-bond acceptors (Lipinski definition) is 4. The molecule has 3 heterocycles. The Bertz CT molecular complexity index is 4270. The standard InChI is InChI=1S/C75H61BN4/c1-48-42-70-71-72(77-48)79(54-31-23-26-50(43-54)73(2,3)4)68-44-51(74(5,6)7)38-41-65(68)76(71)66-46-60-58-34-18-21-36-62(58)75(64(60)47-69(66)80(70)67-37-22-19-32-56(67)49-24-11-8-12-25-49)61-35-20-17-33-57(61)59-40-39-55(45-63(59)75)78(52-27-13-9-14-28-52)53-29-15-10-16-30-53/h8-47H,1-7H3/t75-/m1/s1. The first-order valence-electron chi connectivity index (χ1n) is 28.3. The van der Waals surface area contributed by atoms with Crippen LogP contribution in [0.4, 0.5) is 51.3 Å². The maximum atomic E-state index is 5.71. The minimum Gasteiger partial charge on any atom is -0.311 e. The topological polar surface area (TPSA) is 22.6 Å². The molecule has 1 aromatic heterocycles. The van der Waals surface area contributed by atoms with Crippen LogP contribution in [0.3, 0.4) is 0 Å². The third-order valence-corrected chi connectivity index (χ3v) is 17.6. The molecule has 1 atom stereocenters. The quantitative estimate of drug-likeness (QED) is 0.155. The van der Waals surface area contributed by atoms with Crippen molar-refractivity contribution in [3.8, 4) is 33.4 Å². The summed E-state index contributed by atoms with van der Waals surface area (Å²) in [6.07, 6.45) is 0. The first kappa shape index (κ1) is 48.0. The van der Waals surface area contributed by atoms with Crippen molar-refractivity contribution in [3.63, 3.8) is 0 Å². The van der Waals surface area contributed by atoms with E-state index >= 15 is 0 Å². The van der Waals surface area contributed by atoms with Gasteiger partial charge in [-0.3, -0.25) is 4.90 Å². The zero-order chi connectivity index (χ0) is 54.2. The van der Waals surface area contributed by atoms with E-state index in [4.69, 9.17) is 4.98 Å². The molecular weight excluding hydrogens is 968 g/mol. The van der Waals surface area contributed by atoms with Crippen LogP contribution < -0.4 is 31.1 Å². The van der Waals surface area contributed by atoms with Crippen molar-refractivity contribution in [1.82, 2.24) is 4.98 Å². The van der Waals surface area contributed by atoms with E-state index in [-0.39, 0.29) is 17.5 Å². The Morgan fingerprint density at radius 3 is 1.62 bits per heavy atom. The van der Waals surface area contributed by atoms with Crippen LogP contribution in [-0.2, 0) is 16.2 Å². The molecular formula is C75H61BN4. The summed E-state index contributed by atoms with van der Waals surface area (Å²) < 4.78 is 0. The molecule has 5 heteroatoms. The smallest absolute Gasteiger partial charge is 0.254 e. The third kappa shape index (κ3) is 7.05. The molecule has 15 rings (SSSR count). The van der Waals surface area contributed by atoms with Crippen molar-refractivity contribution in [2.24, 2.45) is 0 Å². The Hall–Kier alpha value is -9.19. The molecule has 2 aliphatic carbocycles. The summed E-state index contributed by atoms with van der Waals surface area (Å²) in [5, 5.41) is 0. The number of hydrogen-bond donors (Lipinski definition) is 0.